The molecule has 0 aromatic heterocycles. The molecule has 2 aromatic carbocycles. The first kappa shape index (κ1) is 16.4. The number of hydrogen-bond acceptors (Lipinski definition) is 1. The van der Waals surface area contributed by atoms with Crippen molar-refractivity contribution in [2.75, 3.05) is 6.54 Å². The molecule has 0 spiro atoms. The second-order valence-electron chi connectivity index (χ2n) is 4.71. The minimum Gasteiger partial charge on any atom is -0.313 e. The summed E-state index contributed by atoms with van der Waals surface area (Å²) in [4.78, 5) is 0. The highest BCUT2D eigenvalue weighted by Gasteiger charge is 2.15. The number of benzene rings is 2. The lowest BCUT2D eigenvalue weighted by Crippen LogP contribution is -2.13. The highest BCUT2D eigenvalue weighted by molar-refractivity contribution is 9.10. The van der Waals surface area contributed by atoms with E-state index in [1.165, 1.54) is 12.1 Å². The molecule has 112 valence electrons. The third-order valence-electron chi connectivity index (χ3n) is 3.11. The molecule has 0 saturated heterocycles. The van der Waals surface area contributed by atoms with Gasteiger partial charge in [0.2, 0.25) is 0 Å². The zero-order valence-electron chi connectivity index (χ0n) is 11.5. The van der Waals surface area contributed by atoms with Crippen molar-refractivity contribution in [1.29, 1.82) is 0 Å². The molecule has 1 N–H and O–H groups in total. The number of hydrogen-bond donors (Lipinski definition) is 1. The zero-order valence-corrected chi connectivity index (χ0v) is 13.9. The molecule has 0 bridgehead atoms. The molecule has 0 fully saturated rings. The van der Waals surface area contributed by atoms with E-state index in [2.05, 4.69) is 28.2 Å². The van der Waals surface area contributed by atoms with Crippen molar-refractivity contribution < 1.29 is 8.78 Å². The van der Waals surface area contributed by atoms with Crippen LogP contribution < -0.4 is 5.32 Å². The third-order valence-corrected chi connectivity index (χ3v) is 4.37. The molecular weight excluding hydrogens is 360 g/mol. The SMILES string of the molecule is CCCNCc1ccc(-c2ccc(Br)c(Cl)c2F)c(F)c1. The van der Waals surface area contributed by atoms with Crippen molar-refractivity contribution in [3.63, 3.8) is 0 Å². The molecule has 1 nitrogen and oxygen atoms in total. The van der Waals surface area contributed by atoms with Gasteiger partial charge in [0.25, 0.3) is 0 Å². The van der Waals surface area contributed by atoms with Gasteiger partial charge in [0.05, 0.1) is 5.02 Å². The number of halogens is 4. The smallest absolute Gasteiger partial charge is 0.150 e. The van der Waals surface area contributed by atoms with E-state index in [4.69, 9.17) is 11.6 Å². The molecular formula is C16H15BrClF2N. The van der Waals surface area contributed by atoms with Crippen molar-refractivity contribution in [3.05, 3.63) is 57.0 Å². The van der Waals surface area contributed by atoms with Crippen LogP contribution in [0.3, 0.4) is 0 Å². The Labute approximate surface area is 136 Å². The van der Waals surface area contributed by atoms with Crippen molar-refractivity contribution in [3.8, 4) is 11.1 Å². The van der Waals surface area contributed by atoms with Gasteiger partial charge in [0, 0.05) is 22.1 Å². The maximum atomic E-state index is 14.2. The van der Waals surface area contributed by atoms with Crippen LogP contribution in [0.1, 0.15) is 18.9 Å². The molecule has 5 heteroatoms. The van der Waals surface area contributed by atoms with E-state index in [0.717, 1.165) is 18.5 Å². The van der Waals surface area contributed by atoms with Gasteiger partial charge in [-0.05, 0) is 46.6 Å². The van der Waals surface area contributed by atoms with E-state index in [1.807, 2.05) is 0 Å². The number of rotatable bonds is 5. The Hall–Kier alpha value is -0.970. The average molecular weight is 375 g/mol. The quantitative estimate of drug-likeness (QED) is 0.534. The summed E-state index contributed by atoms with van der Waals surface area (Å²) in [6.45, 7) is 3.53. The van der Waals surface area contributed by atoms with Gasteiger partial charge >= 0.3 is 0 Å². The van der Waals surface area contributed by atoms with Crippen molar-refractivity contribution >= 4 is 27.5 Å². The van der Waals surface area contributed by atoms with Gasteiger partial charge in [0.1, 0.15) is 5.82 Å². The molecule has 0 saturated carbocycles. The summed E-state index contributed by atoms with van der Waals surface area (Å²) in [6, 6.07) is 7.92. The first-order valence-corrected chi connectivity index (χ1v) is 7.84. The first-order chi connectivity index (χ1) is 10.0. The second kappa shape index (κ2) is 7.34. The Morgan fingerprint density at radius 3 is 2.52 bits per heavy atom. The molecule has 0 heterocycles. The fraction of sp³-hybridized carbons (Fsp3) is 0.250. The monoisotopic (exact) mass is 373 g/mol. The van der Waals surface area contributed by atoms with Crippen LogP contribution in [0.25, 0.3) is 11.1 Å². The first-order valence-electron chi connectivity index (χ1n) is 6.67. The van der Waals surface area contributed by atoms with Crippen LogP contribution in [-0.4, -0.2) is 6.54 Å². The highest BCUT2D eigenvalue weighted by atomic mass is 79.9. The third kappa shape index (κ3) is 3.82. The molecule has 0 atom stereocenters. The summed E-state index contributed by atoms with van der Waals surface area (Å²) >= 11 is 8.99. The van der Waals surface area contributed by atoms with Gasteiger partial charge in [0.15, 0.2) is 5.82 Å². The molecule has 0 unspecified atom stereocenters. The van der Waals surface area contributed by atoms with Crippen molar-refractivity contribution in [1.82, 2.24) is 5.32 Å². The predicted molar refractivity (Wildman–Crippen MR) is 86.5 cm³/mol. The molecule has 0 aliphatic heterocycles. The maximum absolute atomic E-state index is 14.2. The van der Waals surface area contributed by atoms with Crippen LogP contribution >= 0.6 is 27.5 Å². The van der Waals surface area contributed by atoms with Gasteiger partial charge in [-0.2, -0.15) is 0 Å². The average Bonchev–Trinajstić information content (AvgIpc) is 2.46. The van der Waals surface area contributed by atoms with Gasteiger partial charge in [-0.1, -0.05) is 36.7 Å². The number of nitrogens with one attached hydrogen (secondary N) is 1. The van der Waals surface area contributed by atoms with Crippen LogP contribution in [0.2, 0.25) is 5.02 Å². The Bertz CT molecular complexity index is 646. The second-order valence-corrected chi connectivity index (χ2v) is 5.95. The van der Waals surface area contributed by atoms with Gasteiger partial charge in [-0.25, -0.2) is 8.78 Å². The van der Waals surface area contributed by atoms with E-state index in [-0.39, 0.29) is 16.1 Å². The van der Waals surface area contributed by atoms with E-state index in [1.54, 1.807) is 18.2 Å². The molecule has 2 aromatic rings. The van der Waals surface area contributed by atoms with Crippen molar-refractivity contribution in [2.24, 2.45) is 0 Å². The Morgan fingerprint density at radius 2 is 1.86 bits per heavy atom. The molecule has 0 aliphatic carbocycles. The standard InChI is InChI=1S/C16H15BrClF2N/c1-2-7-21-9-10-3-4-11(14(19)8-10)12-5-6-13(17)15(18)16(12)20/h3-6,8,21H,2,7,9H2,1H3. The fourth-order valence-corrected chi connectivity index (χ4v) is 2.50. The zero-order chi connectivity index (χ0) is 15.4. The Kier molecular flexibility index (Phi) is 5.73. The molecule has 0 radical (unpaired) electrons. The van der Waals surface area contributed by atoms with E-state index in [0.29, 0.717) is 11.0 Å². The van der Waals surface area contributed by atoms with Gasteiger partial charge in [-0.15, -0.1) is 0 Å². The molecule has 21 heavy (non-hydrogen) atoms. The van der Waals surface area contributed by atoms with Crippen LogP contribution in [0, 0.1) is 11.6 Å². The summed E-state index contributed by atoms with van der Waals surface area (Å²) < 4.78 is 28.8. The molecule has 0 amide bonds. The van der Waals surface area contributed by atoms with E-state index < -0.39 is 11.6 Å². The van der Waals surface area contributed by atoms with E-state index in [9.17, 15) is 8.78 Å². The van der Waals surface area contributed by atoms with Gasteiger partial charge < -0.3 is 5.32 Å². The molecule has 0 aliphatic rings. The Balaban J connectivity index is 2.31. The summed E-state index contributed by atoms with van der Waals surface area (Å²) in [5, 5.41) is 3.16. The summed E-state index contributed by atoms with van der Waals surface area (Å²) in [5.74, 6) is -1.08. The summed E-state index contributed by atoms with van der Waals surface area (Å²) in [5.41, 5.74) is 1.20. The largest absolute Gasteiger partial charge is 0.313 e. The van der Waals surface area contributed by atoms with Crippen LogP contribution in [0.4, 0.5) is 8.78 Å². The van der Waals surface area contributed by atoms with Crippen LogP contribution in [0.5, 0.6) is 0 Å². The summed E-state index contributed by atoms with van der Waals surface area (Å²) in [6.07, 6.45) is 1.02. The van der Waals surface area contributed by atoms with Crippen molar-refractivity contribution in [2.45, 2.75) is 19.9 Å². The fourth-order valence-electron chi connectivity index (χ4n) is 2.03. The predicted octanol–water partition coefficient (Wildman–Crippen LogP) is 5.55. The van der Waals surface area contributed by atoms with E-state index >= 15 is 0 Å². The minimum absolute atomic E-state index is 0.0411. The van der Waals surface area contributed by atoms with Gasteiger partial charge in [-0.3, -0.25) is 0 Å². The maximum Gasteiger partial charge on any atom is 0.150 e. The normalized spacial score (nSPS) is 10.9. The lowest BCUT2D eigenvalue weighted by molar-refractivity contribution is 0.611. The minimum atomic E-state index is -0.623. The summed E-state index contributed by atoms with van der Waals surface area (Å²) in [7, 11) is 0. The topological polar surface area (TPSA) is 12.0 Å². The Morgan fingerprint density at radius 1 is 1.14 bits per heavy atom. The lowest BCUT2D eigenvalue weighted by atomic mass is 10.0. The lowest BCUT2D eigenvalue weighted by Gasteiger charge is -2.10. The van der Waals surface area contributed by atoms with Crippen LogP contribution in [0.15, 0.2) is 34.8 Å². The highest BCUT2D eigenvalue weighted by Crippen LogP contribution is 2.34. The van der Waals surface area contributed by atoms with Crippen LogP contribution in [-0.2, 0) is 6.54 Å². The molecule has 2 rings (SSSR count).